The molecule has 0 spiro atoms. The number of rotatable bonds is 4. The first-order valence-electron chi connectivity index (χ1n) is 10.6. The number of fused-ring (bicyclic) bond motifs is 2. The second-order valence-corrected chi connectivity index (χ2v) is 9.70. The smallest absolute Gasteiger partial charge is 0.266 e. The van der Waals surface area contributed by atoms with E-state index in [0.29, 0.717) is 5.82 Å². The summed E-state index contributed by atoms with van der Waals surface area (Å²) < 4.78 is 59.6. The van der Waals surface area contributed by atoms with Crippen LogP contribution in [0.15, 0.2) is 70.6 Å². The quantitative estimate of drug-likeness (QED) is 0.456. The van der Waals surface area contributed by atoms with Crippen molar-refractivity contribution < 1.29 is 17.2 Å². The molecule has 10 heteroatoms. The van der Waals surface area contributed by atoms with Crippen molar-refractivity contribution in [3.8, 4) is 0 Å². The van der Waals surface area contributed by atoms with Crippen LogP contribution in [0.1, 0.15) is 29.8 Å². The number of imidazole rings is 1. The molecule has 0 bridgehead atoms. The molecule has 2 heterocycles. The molecule has 174 valence electrons. The number of hydrogen-bond acceptors (Lipinski definition) is 4. The molecular weight excluding hydrogens is 460 g/mol. The number of para-hydroxylation sites is 2. The van der Waals surface area contributed by atoms with Gasteiger partial charge in [0.15, 0.2) is 0 Å². The number of aryl methyl sites for hydroxylation is 1. The summed E-state index contributed by atoms with van der Waals surface area (Å²) in [5.74, 6) is -1.33. The Labute approximate surface area is 195 Å². The van der Waals surface area contributed by atoms with Crippen molar-refractivity contribution in [2.75, 3.05) is 5.32 Å². The highest BCUT2D eigenvalue weighted by atomic mass is 32.2. The maximum Gasteiger partial charge on any atom is 0.266 e. The van der Waals surface area contributed by atoms with E-state index in [1.54, 1.807) is 25.1 Å². The van der Waals surface area contributed by atoms with Gasteiger partial charge in [0, 0.05) is 18.5 Å². The number of hydrogen-bond donors (Lipinski definition) is 2. The molecule has 1 aliphatic rings. The van der Waals surface area contributed by atoms with E-state index in [0.717, 1.165) is 17.1 Å². The van der Waals surface area contributed by atoms with Crippen molar-refractivity contribution in [2.45, 2.75) is 24.3 Å². The number of sulfonamides is 1. The topological polar surface area (TPSA) is 88.4 Å². The average molecular weight is 482 g/mol. The molecule has 0 saturated heterocycles. The van der Waals surface area contributed by atoms with Crippen LogP contribution in [0, 0.1) is 11.6 Å². The normalized spacial score (nSPS) is 16.6. The summed E-state index contributed by atoms with van der Waals surface area (Å²) >= 11 is 0. The lowest BCUT2D eigenvalue weighted by Crippen LogP contribution is -2.41. The molecule has 3 aromatic carbocycles. The molecule has 0 unspecified atom stereocenters. The van der Waals surface area contributed by atoms with Gasteiger partial charge < -0.3 is 9.88 Å². The van der Waals surface area contributed by atoms with E-state index < -0.39 is 27.6 Å². The molecule has 5 rings (SSSR count). The van der Waals surface area contributed by atoms with Crippen LogP contribution in [0.25, 0.3) is 11.0 Å². The third-order valence-corrected chi connectivity index (χ3v) is 7.36. The maximum absolute atomic E-state index is 15.0. The van der Waals surface area contributed by atoms with Gasteiger partial charge in [-0.2, -0.15) is 0 Å². The number of aliphatic imine (C=N–C) groups is 1. The molecule has 1 atom stereocenters. The fraction of sp³-hybridized carbons (Fsp3) is 0.167. The molecule has 4 aromatic rings. The third kappa shape index (κ3) is 3.69. The second kappa shape index (κ2) is 8.21. The van der Waals surface area contributed by atoms with Crippen molar-refractivity contribution >= 4 is 32.7 Å². The van der Waals surface area contributed by atoms with Crippen LogP contribution < -0.4 is 10.0 Å². The lowest BCUT2D eigenvalue weighted by Gasteiger charge is -2.26. The first kappa shape index (κ1) is 22.0. The Hall–Kier alpha value is -3.79. The van der Waals surface area contributed by atoms with E-state index in [2.05, 4.69) is 20.0 Å². The lowest BCUT2D eigenvalue weighted by molar-refractivity contribution is 0.577. The van der Waals surface area contributed by atoms with Crippen LogP contribution in [-0.2, 0) is 23.6 Å². The van der Waals surface area contributed by atoms with Gasteiger partial charge in [-0.25, -0.2) is 31.9 Å². The van der Waals surface area contributed by atoms with Gasteiger partial charge in [0.05, 0.1) is 16.7 Å². The van der Waals surface area contributed by atoms with Crippen molar-refractivity contribution in [3.63, 3.8) is 0 Å². The summed E-state index contributed by atoms with van der Waals surface area (Å²) in [6.45, 7) is 1.71. The Morgan fingerprint density at radius 1 is 1.03 bits per heavy atom. The molecular formula is C24H21F2N5O2S. The monoisotopic (exact) mass is 481 g/mol. The average Bonchev–Trinajstić information content (AvgIpc) is 3.12. The summed E-state index contributed by atoms with van der Waals surface area (Å²) in [7, 11) is -2.18. The van der Waals surface area contributed by atoms with Gasteiger partial charge in [0.2, 0.25) is 5.96 Å². The SMILES string of the molecule is C[C@@H](c1ccccc1F)c1c(F)ccc2c1NC(=NCc1nc3ccccc3n1C)NS2(=O)=O. The van der Waals surface area contributed by atoms with E-state index in [-0.39, 0.29) is 34.2 Å². The molecule has 7 nitrogen and oxygen atoms in total. The standard InChI is InChI=1S/C24H21F2N5O2S/c1-14(15-7-3-4-8-16(15)25)22-17(26)11-12-20-23(22)29-24(30-34(20,32)33)27-13-21-28-18-9-5-6-10-19(18)31(21)2/h3-12,14H,13H2,1-2H3,(H2,27,29,30)/t14-/m0/s1. The summed E-state index contributed by atoms with van der Waals surface area (Å²) in [6, 6.07) is 15.9. The van der Waals surface area contributed by atoms with E-state index in [1.165, 1.54) is 12.1 Å². The summed E-state index contributed by atoms with van der Waals surface area (Å²) in [6.07, 6.45) is 0. The number of benzene rings is 3. The zero-order valence-corrected chi connectivity index (χ0v) is 19.2. The molecule has 34 heavy (non-hydrogen) atoms. The highest BCUT2D eigenvalue weighted by Crippen LogP contribution is 2.38. The summed E-state index contributed by atoms with van der Waals surface area (Å²) in [5, 5.41) is 2.92. The molecule has 0 aliphatic carbocycles. The largest absolute Gasteiger partial charge is 0.330 e. The molecule has 2 N–H and O–H groups in total. The Morgan fingerprint density at radius 2 is 1.76 bits per heavy atom. The molecule has 0 radical (unpaired) electrons. The number of guanidine groups is 1. The Morgan fingerprint density at radius 3 is 2.53 bits per heavy atom. The first-order valence-corrected chi connectivity index (χ1v) is 12.1. The number of nitrogens with zero attached hydrogens (tertiary/aromatic N) is 3. The van der Waals surface area contributed by atoms with Gasteiger partial charge in [0.1, 0.15) is 28.9 Å². The number of halogens is 2. The van der Waals surface area contributed by atoms with Gasteiger partial charge in [-0.1, -0.05) is 37.3 Å². The zero-order chi connectivity index (χ0) is 24.0. The molecule has 0 amide bonds. The second-order valence-electron chi connectivity index (χ2n) is 8.05. The first-order chi connectivity index (χ1) is 16.3. The van der Waals surface area contributed by atoms with Gasteiger partial charge in [-0.05, 0) is 35.9 Å². The predicted molar refractivity (Wildman–Crippen MR) is 126 cm³/mol. The van der Waals surface area contributed by atoms with Crippen LogP contribution in [-0.4, -0.2) is 23.9 Å². The zero-order valence-electron chi connectivity index (χ0n) is 18.4. The van der Waals surface area contributed by atoms with Gasteiger partial charge in [-0.15, -0.1) is 0 Å². The van der Waals surface area contributed by atoms with Crippen LogP contribution >= 0.6 is 0 Å². The molecule has 0 saturated carbocycles. The van der Waals surface area contributed by atoms with E-state index in [9.17, 15) is 12.8 Å². The number of anilines is 1. The summed E-state index contributed by atoms with van der Waals surface area (Å²) in [5.41, 5.74) is 2.06. The van der Waals surface area contributed by atoms with Crippen molar-refractivity contribution in [1.82, 2.24) is 14.3 Å². The van der Waals surface area contributed by atoms with Crippen molar-refractivity contribution in [3.05, 3.63) is 89.2 Å². The third-order valence-electron chi connectivity index (χ3n) is 5.98. The Bertz CT molecular complexity index is 1560. The van der Waals surface area contributed by atoms with Crippen LogP contribution in [0.2, 0.25) is 0 Å². The van der Waals surface area contributed by atoms with Crippen molar-refractivity contribution in [1.29, 1.82) is 0 Å². The van der Waals surface area contributed by atoms with Crippen LogP contribution in [0.5, 0.6) is 0 Å². The van der Waals surface area contributed by atoms with Gasteiger partial charge in [-0.3, -0.25) is 0 Å². The fourth-order valence-corrected chi connectivity index (χ4v) is 5.37. The molecule has 1 aromatic heterocycles. The van der Waals surface area contributed by atoms with E-state index >= 15 is 4.39 Å². The van der Waals surface area contributed by atoms with Crippen LogP contribution in [0.3, 0.4) is 0 Å². The Kier molecular flexibility index (Phi) is 5.32. The lowest BCUT2D eigenvalue weighted by atomic mass is 9.91. The minimum atomic E-state index is -4.03. The highest BCUT2D eigenvalue weighted by Gasteiger charge is 2.32. The minimum absolute atomic E-state index is 0.0401. The van der Waals surface area contributed by atoms with E-state index in [1.807, 2.05) is 35.9 Å². The predicted octanol–water partition coefficient (Wildman–Crippen LogP) is 4.26. The van der Waals surface area contributed by atoms with Gasteiger partial charge in [0.25, 0.3) is 10.0 Å². The van der Waals surface area contributed by atoms with Crippen molar-refractivity contribution in [2.24, 2.45) is 12.0 Å². The summed E-state index contributed by atoms with van der Waals surface area (Å²) in [4.78, 5) is 8.76. The fourth-order valence-electron chi connectivity index (χ4n) is 4.22. The number of nitrogens with one attached hydrogen (secondary N) is 2. The highest BCUT2D eigenvalue weighted by molar-refractivity contribution is 7.90. The number of aromatic nitrogens is 2. The van der Waals surface area contributed by atoms with Gasteiger partial charge >= 0.3 is 0 Å². The molecule has 0 fully saturated rings. The van der Waals surface area contributed by atoms with E-state index in [4.69, 9.17) is 0 Å². The van der Waals surface area contributed by atoms with Crippen LogP contribution in [0.4, 0.5) is 14.5 Å². The Balaban J connectivity index is 1.56. The molecule has 1 aliphatic heterocycles. The maximum atomic E-state index is 15.0. The minimum Gasteiger partial charge on any atom is -0.330 e.